The van der Waals surface area contributed by atoms with E-state index in [1.54, 1.807) is 0 Å². The highest BCUT2D eigenvalue weighted by atomic mass is 32.2. The fraction of sp³-hybridized carbons (Fsp3) is 0.538. The smallest absolute Gasteiger partial charge is 0.241 e. The summed E-state index contributed by atoms with van der Waals surface area (Å²) in [5.74, 6) is -0.618. The van der Waals surface area contributed by atoms with E-state index < -0.39 is 15.8 Å². The minimum Gasteiger partial charge on any atom is -0.396 e. The Morgan fingerprint density at radius 1 is 1.45 bits per heavy atom. The van der Waals surface area contributed by atoms with E-state index in [9.17, 15) is 17.9 Å². The van der Waals surface area contributed by atoms with E-state index in [1.165, 1.54) is 13.8 Å². The lowest BCUT2D eigenvalue weighted by molar-refractivity contribution is 0.213. The van der Waals surface area contributed by atoms with Crippen LogP contribution in [0.2, 0.25) is 0 Å². The Bertz CT molecular complexity index is 640. The highest BCUT2D eigenvalue weighted by Crippen LogP contribution is 2.44. The number of anilines is 1. The molecule has 1 fully saturated rings. The lowest BCUT2D eigenvalue weighted by Crippen LogP contribution is -2.33. The molecule has 0 spiro atoms. The molecule has 0 unspecified atom stereocenters. The van der Waals surface area contributed by atoms with Gasteiger partial charge in [-0.3, -0.25) is 0 Å². The molecular weight excluding hydrogens is 283 g/mol. The maximum atomic E-state index is 13.5. The first-order chi connectivity index (χ1) is 9.22. The van der Waals surface area contributed by atoms with Crippen LogP contribution in [0.5, 0.6) is 0 Å². The molecule has 0 aliphatic heterocycles. The first-order valence-corrected chi connectivity index (χ1v) is 7.86. The first-order valence-electron chi connectivity index (χ1n) is 6.38. The number of nitrogens with two attached hydrogens (primary N) is 1. The maximum Gasteiger partial charge on any atom is 0.241 e. The molecule has 0 radical (unpaired) electrons. The summed E-state index contributed by atoms with van der Waals surface area (Å²) < 4.78 is 40.7. The second-order valence-corrected chi connectivity index (χ2v) is 7.23. The van der Waals surface area contributed by atoms with Crippen LogP contribution in [0.1, 0.15) is 24.0 Å². The van der Waals surface area contributed by atoms with Crippen LogP contribution in [0, 0.1) is 25.1 Å². The van der Waals surface area contributed by atoms with Crippen molar-refractivity contribution in [1.82, 2.24) is 4.72 Å². The van der Waals surface area contributed by atoms with Gasteiger partial charge in [0.1, 0.15) is 5.82 Å². The summed E-state index contributed by atoms with van der Waals surface area (Å²) in [7, 11) is -3.77. The van der Waals surface area contributed by atoms with Gasteiger partial charge in [-0.15, -0.1) is 0 Å². The number of aliphatic hydroxyl groups excluding tert-OH is 1. The van der Waals surface area contributed by atoms with Gasteiger partial charge in [-0.2, -0.15) is 0 Å². The van der Waals surface area contributed by atoms with Crippen LogP contribution in [-0.2, 0) is 10.0 Å². The van der Waals surface area contributed by atoms with Crippen molar-refractivity contribution in [1.29, 1.82) is 0 Å². The summed E-state index contributed by atoms with van der Waals surface area (Å²) >= 11 is 0. The molecule has 0 saturated heterocycles. The Kier molecular flexibility index (Phi) is 3.79. The van der Waals surface area contributed by atoms with E-state index in [1.807, 2.05) is 0 Å². The number of hydrogen-bond donors (Lipinski definition) is 3. The Morgan fingerprint density at radius 2 is 2.05 bits per heavy atom. The number of sulfonamides is 1. The summed E-state index contributed by atoms with van der Waals surface area (Å²) in [5.41, 5.74) is 5.60. The van der Waals surface area contributed by atoms with Crippen molar-refractivity contribution in [3.63, 3.8) is 0 Å². The molecule has 0 aromatic heterocycles. The summed E-state index contributed by atoms with van der Waals surface area (Å²) in [5, 5.41) is 9.21. The van der Waals surface area contributed by atoms with Crippen LogP contribution >= 0.6 is 0 Å². The largest absolute Gasteiger partial charge is 0.396 e. The van der Waals surface area contributed by atoms with Crippen LogP contribution in [0.3, 0.4) is 0 Å². The van der Waals surface area contributed by atoms with E-state index in [0.717, 1.165) is 18.9 Å². The van der Waals surface area contributed by atoms with Gasteiger partial charge in [-0.05, 0) is 43.9 Å². The van der Waals surface area contributed by atoms with E-state index >= 15 is 0 Å². The number of aryl methyl sites for hydroxylation is 1. The summed E-state index contributed by atoms with van der Waals surface area (Å²) in [4.78, 5) is 0.0186. The van der Waals surface area contributed by atoms with Crippen LogP contribution in [0.25, 0.3) is 0 Å². The number of aliphatic hydroxyl groups is 1. The van der Waals surface area contributed by atoms with Crippen molar-refractivity contribution in [3.8, 4) is 0 Å². The average molecular weight is 302 g/mol. The maximum absolute atomic E-state index is 13.5. The fourth-order valence-electron chi connectivity index (χ4n) is 2.23. The first kappa shape index (κ1) is 15.2. The molecular formula is C13H19FN2O3S. The molecule has 7 heteroatoms. The van der Waals surface area contributed by atoms with Gasteiger partial charge < -0.3 is 10.8 Å². The van der Waals surface area contributed by atoms with Gasteiger partial charge in [0.25, 0.3) is 0 Å². The van der Waals surface area contributed by atoms with Crippen molar-refractivity contribution in [2.75, 3.05) is 18.9 Å². The second kappa shape index (κ2) is 4.98. The molecule has 20 heavy (non-hydrogen) atoms. The molecule has 1 aromatic rings. The Balaban J connectivity index is 2.32. The van der Waals surface area contributed by atoms with Crippen LogP contribution in [-0.4, -0.2) is 26.7 Å². The lowest BCUT2D eigenvalue weighted by Gasteiger charge is -2.17. The molecule has 112 valence electrons. The zero-order valence-corrected chi connectivity index (χ0v) is 12.3. The van der Waals surface area contributed by atoms with Crippen molar-refractivity contribution >= 4 is 15.7 Å². The van der Waals surface area contributed by atoms with Gasteiger partial charge in [0.05, 0.1) is 10.6 Å². The number of nitrogens with one attached hydrogen (secondary N) is 1. The van der Waals surface area contributed by atoms with Gasteiger partial charge >= 0.3 is 0 Å². The van der Waals surface area contributed by atoms with Gasteiger partial charge in [-0.25, -0.2) is 17.5 Å². The van der Waals surface area contributed by atoms with E-state index in [0.29, 0.717) is 5.56 Å². The molecule has 1 saturated carbocycles. The number of hydrogen-bond acceptors (Lipinski definition) is 4. The Morgan fingerprint density at radius 3 is 2.55 bits per heavy atom. The van der Waals surface area contributed by atoms with Gasteiger partial charge in [0.15, 0.2) is 0 Å². The van der Waals surface area contributed by atoms with Gasteiger partial charge in [0.2, 0.25) is 10.0 Å². The van der Waals surface area contributed by atoms with Crippen molar-refractivity contribution < 1.29 is 17.9 Å². The molecule has 1 aliphatic rings. The third-order valence-corrected chi connectivity index (χ3v) is 5.59. The van der Waals surface area contributed by atoms with Crippen LogP contribution in [0.15, 0.2) is 11.0 Å². The highest BCUT2D eigenvalue weighted by Gasteiger charge is 2.42. The zero-order chi connectivity index (χ0) is 15.1. The summed E-state index contributed by atoms with van der Waals surface area (Å²) in [6.45, 7) is 3.16. The molecule has 4 N–H and O–H groups in total. The van der Waals surface area contributed by atoms with Gasteiger partial charge in [-0.1, -0.05) is 0 Å². The molecule has 0 amide bonds. The normalized spacial score (nSPS) is 17.2. The number of benzene rings is 1. The average Bonchev–Trinajstić information content (AvgIpc) is 3.14. The number of halogens is 1. The molecule has 1 aromatic carbocycles. The van der Waals surface area contributed by atoms with Crippen LogP contribution in [0.4, 0.5) is 10.1 Å². The number of nitrogen functional groups attached to an aromatic ring is 1. The minimum atomic E-state index is -3.77. The predicted octanol–water partition coefficient (Wildman–Crippen LogP) is 1.08. The van der Waals surface area contributed by atoms with Crippen molar-refractivity contribution in [2.24, 2.45) is 5.41 Å². The van der Waals surface area contributed by atoms with E-state index in [-0.39, 0.29) is 34.7 Å². The molecule has 0 bridgehead atoms. The topological polar surface area (TPSA) is 92.4 Å². The quantitative estimate of drug-likeness (QED) is 0.710. The Hall–Kier alpha value is -1.18. The van der Waals surface area contributed by atoms with Gasteiger partial charge in [0, 0.05) is 18.6 Å². The molecule has 0 heterocycles. The number of rotatable bonds is 5. The van der Waals surface area contributed by atoms with E-state index in [2.05, 4.69) is 4.72 Å². The third-order valence-electron chi connectivity index (χ3n) is 3.90. The molecule has 2 rings (SSSR count). The Labute approximate surface area is 118 Å². The summed E-state index contributed by atoms with van der Waals surface area (Å²) in [6, 6.07) is 1.12. The van der Waals surface area contributed by atoms with Crippen LogP contribution < -0.4 is 10.5 Å². The SMILES string of the molecule is Cc1cc(F)c(N)c(C)c1S(=O)(=O)NCC1(CO)CC1. The monoisotopic (exact) mass is 302 g/mol. The predicted molar refractivity (Wildman–Crippen MR) is 74.2 cm³/mol. The molecule has 5 nitrogen and oxygen atoms in total. The molecule has 1 aliphatic carbocycles. The zero-order valence-electron chi connectivity index (χ0n) is 11.5. The lowest BCUT2D eigenvalue weighted by atomic mass is 10.1. The highest BCUT2D eigenvalue weighted by molar-refractivity contribution is 7.89. The van der Waals surface area contributed by atoms with Crippen molar-refractivity contribution in [2.45, 2.75) is 31.6 Å². The molecule has 0 atom stereocenters. The van der Waals surface area contributed by atoms with E-state index in [4.69, 9.17) is 5.73 Å². The van der Waals surface area contributed by atoms with Crippen molar-refractivity contribution in [3.05, 3.63) is 23.0 Å². The fourth-order valence-corrected chi connectivity index (χ4v) is 3.87. The standard InChI is InChI=1S/C13H19FN2O3S/c1-8-5-10(14)11(15)9(2)12(8)20(18,19)16-6-13(7-17)3-4-13/h5,16-17H,3-4,6-7,15H2,1-2H3. The summed E-state index contributed by atoms with van der Waals surface area (Å²) in [6.07, 6.45) is 1.60. The minimum absolute atomic E-state index is 0.0186. The second-order valence-electron chi connectivity index (χ2n) is 5.53. The third kappa shape index (κ3) is 2.65.